The summed E-state index contributed by atoms with van der Waals surface area (Å²) in [5.74, 6) is -0.286. The monoisotopic (exact) mass is 474 g/mol. The summed E-state index contributed by atoms with van der Waals surface area (Å²) in [5, 5.41) is 22.1. The standard InChI is InChI=1S/C28H42O6/c1-14(2)20(29)19-21(30)17-13-16-10-9-15(3)22-23(33-22)18(27(6,7)32)11-12-28(16,8)34-25(17)26(4,5)24(19)31/h14-16,18,22-23,30,32H,9-13H2,1-8H3/t15-,16-,18+,22-,23-,28+/m0/s1. The molecule has 1 saturated carbocycles. The van der Waals surface area contributed by atoms with Crippen LogP contribution in [0.1, 0.15) is 87.5 Å². The molecule has 0 spiro atoms. The van der Waals surface area contributed by atoms with Gasteiger partial charge in [-0.25, -0.2) is 0 Å². The molecule has 6 heteroatoms. The fourth-order valence-electron chi connectivity index (χ4n) is 6.40. The number of hydrogen-bond donors (Lipinski definition) is 2. The normalized spacial score (nSPS) is 38.1. The maximum atomic E-state index is 13.4. The van der Waals surface area contributed by atoms with Crippen LogP contribution in [-0.2, 0) is 19.1 Å². The van der Waals surface area contributed by atoms with Gasteiger partial charge >= 0.3 is 0 Å². The number of Topliss-reactive ketones (excluding diaryl/α,β-unsaturated/α-hetero) is 2. The molecule has 2 fully saturated rings. The van der Waals surface area contributed by atoms with Crippen molar-refractivity contribution in [3.8, 4) is 0 Å². The van der Waals surface area contributed by atoms with Gasteiger partial charge in [0.1, 0.15) is 22.7 Å². The molecule has 0 aromatic rings. The number of ketones is 2. The molecular formula is C28H42O6. The van der Waals surface area contributed by atoms with Gasteiger partial charge in [0, 0.05) is 23.3 Å². The van der Waals surface area contributed by atoms with Gasteiger partial charge in [-0.2, -0.15) is 0 Å². The average Bonchev–Trinajstić information content (AvgIpc) is 3.50. The highest BCUT2D eigenvalue weighted by Gasteiger charge is 2.56. The molecule has 0 amide bonds. The van der Waals surface area contributed by atoms with Crippen molar-refractivity contribution in [3.05, 3.63) is 22.7 Å². The first-order valence-electron chi connectivity index (χ1n) is 12.9. The van der Waals surface area contributed by atoms with Crippen LogP contribution in [0.5, 0.6) is 0 Å². The molecule has 6 nitrogen and oxygen atoms in total. The number of epoxide rings is 1. The molecule has 190 valence electrons. The molecular weight excluding hydrogens is 432 g/mol. The Morgan fingerprint density at radius 3 is 2.35 bits per heavy atom. The van der Waals surface area contributed by atoms with Gasteiger partial charge in [0.05, 0.1) is 23.2 Å². The first-order valence-corrected chi connectivity index (χ1v) is 12.9. The smallest absolute Gasteiger partial charge is 0.183 e. The molecule has 0 unspecified atom stereocenters. The molecule has 0 aromatic heterocycles. The summed E-state index contributed by atoms with van der Waals surface area (Å²) in [4.78, 5) is 26.3. The van der Waals surface area contributed by atoms with E-state index in [4.69, 9.17) is 9.47 Å². The first-order chi connectivity index (χ1) is 15.6. The van der Waals surface area contributed by atoms with Gasteiger partial charge in [0.15, 0.2) is 11.6 Å². The van der Waals surface area contributed by atoms with Crippen LogP contribution < -0.4 is 0 Å². The van der Waals surface area contributed by atoms with Gasteiger partial charge in [-0.1, -0.05) is 20.8 Å². The number of aliphatic hydroxyl groups excluding tert-OH is 1. The van der Waals surface area contributed by atoms with Crippen LogP contribution in [0.2, 0.25) is 0 Å². The van der Waals surface area contributed by atoms with Gasteiger partial charge in [-0.15, -0.1) is 0 Å². The minimum absolute atomic E-state index is 0.000867. The number of fused-ring (bicyclic) bond motifs is 2. The van der Waals surface area contributed by atoms with Crippen molar-refractivity contribution < 1.29 is 29.3 Å². The van der Waals surface area contributed by atoms with E-state index in [-0.39, 0.29) is 52.9 Å². The van der Waals surface area contributed by atoms with Gasteiger partial charge in [-0.05, 0) is 72.6 Å². The van der Waals surface area contributed by atoms with Crippen LogP contribution in [0.3, 0.4) is 0 Å². The van der Waals surface area contributed by atoms with Crippen molar-refractivity contribution in [2.45, 2.75) is 111 Å². The maximum absolute atomic E-state index is 13.4. The Labute approximate surface area is 203 Å². The van der Waals surface area contributed by atoms with Gasteiger partial charge < -0.3 is 19.7 Å². The zero-order valence-electron chi connectivity index (χ0n) is 22.0. The first kappa shape index (κ1) is 25.4. The Kier molecular flexibility index (Phi) is 6.13. The summed E-state index contributed by atoms with van der Waals surface area (Å²) in [5.41, 5.74) is -1.90. The number of carbonyl (C=O) groups is 2. The van der Waals surface area contributed by atoms with Crippen LogP contribution in [-0.4, -0.2) is 45.2 Å². The lowest BCUT2D eigenvalue weighted by Crippen LogP contribution is -2.49. The third-order valence-corrected chi connectivity index (χ3v) is 8.93. The lowest BCUT2D eigenvalue weighted by atomic mass is 9.66. The summed E-state index contributed by atoms with van der Waals surface area (Å²) in [6.07, 6.45) is 4.14. The lowest BCUT2D eigenvalue weighted by Gasteiger charge is -2.49. The fourth-order valence-corrected chi connectivity index (χ4v) is 6.40. The highest BCUT2D eigenvalue weighted by molar-refractivity contribution is 6.24. The third kappa shape index (κ3) is 4.05. The molecule has 0 bridgehead atoms. The van der Waals surface area contributed by atoms with E-state index < -0.39 is 16.6 Å². The number of allylic oxidation sites excluding steroid dienone is 3. The van der Waals surface area contributed by atoms with Crippen molar-refractivity contribution in [3.63, 3.8) is 0 Å². The van der Waals surface area contributed by atoms with E-state index in [1.54, 1.807) is 27.7 Å². The maximum Gasteiger partial charge on any atom is 0.183 e. The predicted molar refractivity (Wildman–Crippen MR) is 129 cm³/mol. The van der Waals surface area contributed by atoms with Gasteiger partial charge in [0.2, 0.25) is 0 Å². The molecule has 34 heavy (non-hydrogen) atoms. The van der Waals surface area contributed by atoms with E-state index in [2.05, 4.69) is 13.8 Å². The van der Waals surface area contributed by atoms with E-state index in [0.717, 1.165) is 25.7 Å². The molecule has 4 rings (SSSR count). The summed E-state index contributed by atoms with van der Waals surface area (Å²) in [7, 11) is 0. The fraction of sp³-hybridized carbons (Fsp3) is 0.786. The summed E-state index contributed by atoms with van der Waals surface area (Å²) < 4.78 is 12.8. The Morgan fingerprint density at radius 1 is 1.12 bits per heavy atom. The van der Waals surface area contributed by atoms with E-state index in [1.807, 2.05) is 13.8 Å². The molecule has 4 aliphatic rings. The molecule has 0 aromatic carbocycles. The molecule has 2 heterocycles. The Bertz CT molecular complexity index is 948. The average molecular weight is 475 g/mol. The van der Waals surface area contributed by atoms with Crippen molar-refractivity contribution >= 4 is 11.6 Å². The highest BCUT2D eigenvalue weighted by atomic mass is 16.6. The van der Waals surface area contributed by atoms with E-state index in [0.29, 0.717) is 23.7 Å². The van der Waals surface area contributed by atoms with E-state index >= 15 is 0 Å². The quantitative estimate of drug-likeness (QED) is 0.439. The lowest BCUT2D eigenvalue weighted by molar-refractivity contribution is -0.134. The second kappa shape index (κ2) is 8.19. The Morgan fingerprint density at radius 2 is 1.76 bits per heavy atom. The van der Waals surface area contributed by atoms with E-state index in [1.165, 1.54) is 0 Å². The van der Waals surface area contributed by atoms with Crippen molar-refractivity contribution in [1.29, 1.82) is 0 Å². The van der Waals surface area contributed by atoms with Crippen molar-refractivity contribution in [2.24, 2.45) is 29.1 Å². The molecule has 6 atom stereocenters. The number of rotatable bonds is 3. The minimum Gasteiger partial charge on any atom is -0.507 e. The van der Waals surface area contributed by atoms with Crippen LogP contribution in [0.15, 0.2) is 22.7 Å². The molecule has 2 N–H and O–H groups in total. The zero-order valence-corrected chi connectivity index (χ0v) is 22.0. The van der Waals surface area contributed by atoms with Crippen LogP contribution in [0.25, 0.3) is 0 Å². The second-order valence-corrected chi connectivity index (χ2v) is 12.7. The van der Waals surface area contributed by atoms with Crippen LogP contribution in [0, 0.1) is 29.1 Å². The second-order valence-electron chi connectivity index (χ2n) is 12.7. The number of aliphatic hydroxyl groups is 2. The van der Waals surface area contributed by atoms with Crippen LogP contribution in [0.4, 0.5) is 0 Å². The highest BCUT2D eigenvalue weighted by Crippen LogP contribution is 2.54. The number of hydrogen-bond acceptors (Lipinski definition) is 6. The number of ether oxygens (including phenoxy) is 2. The third-order valence-electron chi connectivity index (χ3n) is 8.93. The number of carbonyl (C=O) groups excluding carboxylic acids is 2. The summed E-state index contributed by atoms with van der Waals surface area (Å²) >= 11 is 0. The molecule has 0 radical (unpaired) electrons. The van der Waals surface area contributed by atoms with E-state index in [9.17, 15) is 19.8 Å². The molecule has 2 aliphatic heterocycles. The molecule has 2 aliphatic carbocycles. The Hall–Kier alpha value is -1.66. The minimum atomic E-state index is -1.03. The molecule has 1 saturated heterocycles. The largest absolute Gasteiger partial charge is 0.507 e. The van der Waals surface area contributed by atoms with Crippen molar-refractivity contribution in [1.82, 2.24) is 0 Å². The van der Waals surface area contributed by atoms with Gasteiger partial charge in [0.25, 0.3) is 0 Å². The van der Waals surface area contributed by atoms with Crippen molar-refractivity contribution in [2.75, 3.05) is 0 Å². The van der Waals surface area contributed by atoms with Gasteiger partial charge in [-0.3, -0.25) is 9.59 Å². The Balaban J connectivity index is 1.75. The topological polar surface area (TPSA) is 96.4 Å². The summed E-state index contributed by atoms with van der Waals surface area (Å²) in [6, 6.07) is 0. The predicted octanol–water partition coefficient (Wildman–Crippen LogP) is 5.05. The van der Waals surface area contributed by atoms with Crippen LogP contribution >= 0.6 is 0 Å². The SMILES string of the molecule is CC(C)C(=O)C1=C(O)C2=C(O[C@]3(C)CC[C@@H](C(C)(C)O)[C@@H]4O[C@H]4[C@@H](C)CC[C@H]3C2)C(C)(C)C1=O. The summed E-state index contributed by atoms with van der Waals surface area (Å²) in [6.45, 7) is 15.1. The zero-order chi connectivity index (χ0) is 25.4.